The zero-order valence-corrected chi connectivity index (χ0v) is 20.3. The van der Waals surface area contributed by atoms with Crippen LogP contribution in [-0.4, -0.2) is 0 Å². The molecular weight excluding hydrogens is 414 g/mol. The maximum absolute atomic E-state index is 6.09. The molecule has 1 aromatic heterocycles. The summed E-state index contributed by atoms with van der Waals surface area (Å²) in [6, 6.07) is 16.3. The first kappa shape index (κ1) is 24.6. The van der Waals surface area contributed by atoms with Gasteiger partial charge >= 0.3 is 0 Å². The second-order valence-corrected chi connectivity index (χ2v) is 8.42. The molecule has 0 bridgehead atoms. The molecule has 1 heterocycles. The molecule has 0 saturated heterocycles. The number of fused-ring (bicyclic) bond motifs is 1. The Morgan fingerprint density at radius 2 is 1.71 bits per heavy atom. The minimum Gasteiger partial charge on any atom is -0.454 e. The number of rotatable bonds is 9. The van der Waals surface area contributed by atoms with E-state index in [-0.39, 0.29) is 0 Å². The van der Waals surface area contributed by atoms with Crippen LogP contribution >= 0.6 is 0 Å². The molecular formula is C32H33NO. The third kappa shape index (κ3) is 6.26. The Morgan fingerprint density at radius 1 is 0.941 bits per heavy atom. The quantitative estimate of drug-likeness (QED) is 0.343. The Labute approximate surface area is 203 Å². The highest BCUT2D eigenvalue weighted by Crippen LogP contribution is 2.21. The molecule has 3 aromatic rings. The second-order valence-electron chi connectivity index (χ2n) is 8.42. The van der Waals surface area contributed by atoms with Gasteiger partial charge in [0.1, 0.15) is 5.42 Å². The molecule has 0 saturated carbocycles. The smallest absolute Gasteiger partial charge is 0.158 e. The van der Waals surface area contributed by atoms with Crippen LogP contribution in [0.1, 0.15) is 26.3 Å². The SMILES string of the molecule is C=C(/C=C\C=C/Nc1cccc2c(=C)/c(=C\C(C)C)oc12)C(=C)/C=C(\C=C/C)c1ccccc1. The second kappa shape index (κ2) is 11.7. The Balaban J connectivity index is 1.70. The molecule has 3 rings (SSSR count). The highest BCUT2D eigenvalue weighted by Gasteiger charge is 2.06. The molecule has 0 amide bonds. The molecule has 0 aliphatic rings. The lowest BCUT2D eigenvalue weighted by Crippen LogP contribution is -2.18. The number of hydrogen-bond acceptors (Lipinski definition) is 2. The Bertz CT molecular complexity index is 1390. The summed E-state index contributed by atoms with van der Waals surface area (Å²) in [6.07, 6.45) is 16.0. The highest BCUT2D eigenvalue weighted by atomic mass is 16.3. The van der Waals surface area contributed by atoms with Gasteiger partial charge in [0.05, 0.1) is 5.69 Å². The molecule has 0 aliphatic carbocycles. The van der Waals surface area contributed by atoms with Crippen molar-refractivity contribution in [1.82, 2.24) is 0 Å². The first-order valence-electron chi connectivity index (χ1n) is 11.5. The molecule has 34 heavy (non-hydrogen) atoms. The van der Waals surface area contributed by atoms with Gasteiger partial charge in [0.2, 0.25) is 0 Å². The summed E-state index contributed by atoms with van der Waals surface area (Å²) in [7, 11) is 0. The van der Waals surface area contributed by atoms with Crippen LogP contribution in [0.5, 0.6) is 0 Å². The van der Waals surface area contributed by atoms with Gasteiger partial charge in [-0.15, -0.1) is 0 Å². The lowest BCUT2D eigenvalue weighted by atomic mass is 10.00. The molecule has 0 atom stereocenters. The number of para-hydroxylation sites is 1. The first-order chi connectivity index (χ1) is 16.4. The molecule has 0 unspecified atom stereocenters. The van der Waals surface area contributed by atoms with E-state index in [0.29, 0.717) is 5.92 Å². The summed E-state index contributed by atoms with van der Waals surface area (Å²) in [4.78, 5) is 0. The van der Waals surface area contributed by atoms with E-state index < -0.39 is 0 Å². The molecule has 172 valence electrons. The van der Waals surface area contributed by atoms with E-state index in [0.717, 1.165) is 49.6 Å². The molecule has 0 radical (unpaired) electrons. The van der Waals surface area contributed by atoms with Gasteiger partial charge in [0.15, 0.2) is 5.58 Å². The summed E-state index contributed by atoms with van der Waals surface area (Å²) in [5, 5.41) is 5.26. The zero-order chi connectivity index (χ0) is 24.5. The minimum atomic E-state index is 0.391. The van der Waals surface area contributed by atoms with Crippen molar-refractivity contribution >= 4 is 34.9 Å². The summed E-state index contributed by atoms with van der Waals surface area (Å²) in [5.41, 5.74) is 6.52. The topological polar surface area (TPSA) is 25.2 Å². The molecule has 1 N–H and O–H groups in total. The van der Waals surface area contributed by atoms with Crippen molar-refractivity contribution in [1.29, 1.82) is 0 Å². The fourth-order valence-electron chi connectivity index (χ4n) is 3.53. The zero-order valence-electron chi connectivity index (χ0n) is 20.3. The summed E-state index contributed by atoms with van der Waals surface area (Å²) in [5.74, 6) is 0.391. The van der Waals surface area contributed by atoms with Gasteiger partial charge < -0.3 is 9.73 Å². The van der Waals surface area contributed by atoms with Crippen LogP contribution in [-0.2, 0) is 0 Å². The van der Waals surface area contributed by atoms with Gasteiger partial charge in [-0.1, -0.05) is 100 Å². The Hall–Kier alpha value is -4.04. The van der Waals surface area contributed by atoms with Crippen molar-refractivity contribution in [3.8, 4) is 0 Å². The van der Waals surface area contributed by atoms with Gasteiger partial charge in [0.25, 0.3) is 0 Å². The number of nitrogens with one attached hydrogen (secondary N) is 1. The Kier molecular flexibility index (Phi) is 8.48. The van der Waals surface area contributed by atoms with Crippen molar-refractivity contribution < 1.29 is 4.42 Å². The number of allylic oxidation sites excluding steroid dienone is 9. The lowest BCUT2D eigenvalue weighted by Gasteiger charge is -2.05. The number of furan rings is 1. The average molecular weight is 448 g/mol. The largest absolute Gasteiger partial charge is 0.454 e. The third-order valence-corrected chi connectivity index (χ3v) is 5.27. The van der Waals surface area contributed by atoms with Crippen molar-refractivity contribution in [3.05, 3.63) is 132 Å². The van der Waals surface area contributed by atoms with Gasteiger partial charge in [-0.3, -0.25) is 0 Å². The molecule has 0 aliphatic heterocycles. The first-order valence-corrected chi connectivity index (χ1v) is 11.5. The maximum Gasteiger partial charge on any atom is 0.158 e. The minimum absolute atomic E-state index is 0.391. The van der Waals surface area contributed by atoms with Crippen LogP contribution in [0.4, 0.5) is 5.69 Å². The van der Waals surface area contributed by atoms with Crippen molar-refractivity contribution in [2.24, 2.45) is 5.92 Å². The normalized spacial score (nSPS) is 13.2. The van der Waals surface area contributed by atoms with E-state index in [1.165, 1.54) is 0 Å². The summed E-state index contributed by atoms with van der Waals surface area (Å²) >= 11 is 0. The molecule has 0 fully saturated rings. The van der Waals surface area contributed by atoms with E-state index in [1.807, 2.05) is 73.8 Å². The molecule has 2 nitrogen and oxygen atoms in total. The van der Waals surface area contributed by atoms with Crippen molar-refractivity contribution in [2.75, 3.05) is 5.32 Å². The van der Waals surface area contributed by atoms with Gasteiger partial charge in [-0.05, 0) is 59.4 Å². The van der Waals surface area contributed by atoms with Crippen LogP contribution in [0.25, 0.3) is 29.2 Å². The Morgan fingerprint density at radius 3 is 2.41 bits per heavy atom. The monoisotopic (exact) mass is 447 g/mol. The van der Waals surface area contributed by atoms with Gasteiger partial charge in [-0.2, -0.15) is 0 Å². The van der Waals surface area contributed by atoms with Crippen molar-refractivity contribution in [3.63, 3.8) is 0 Å². The number of hydrogen-bond donors (Lipinski definition) is 1. The van der Waals surface area contributed by atoms with Crippen LogP contribution in [0.2, 0.25) is 0 Å². The molecule has 2 heteroatoms. The predicted molar refractivity (Wildman–Crippen MR) is 150 cm³/mol. The standard InChI is InChI=1S/C32H33NO/c1-7-14-28(27-16-9-8-10-17-27)22-25(5)24(4)15-11-12-20-33-30-19-13-18-29-26(6)31(21-23(2)3)34-32(29)30/h7-23,33H,4-6H2,1-3H3/b14-7-,15-11-,20-12-,28-22+,31-21+. The maximum atomic E-state index is 6.09. The number of benzene rings is 2. The summed E-state index contributed by atoms with van der Waals surface area (Å²) < 4.78 is 6.09. The molecule has 0 spiro atoms. The van der Waals surface area contributed by atoms with Crippen LogP contribution < -0.4 is 16.0 Å². The summed E-state index contributed by atoms with van der Waals surface area (Å²) in [6.45, 7) is 18.8. The van der Waals surface area contributed by atoms with Gasteiger partial charge in [-0.25, -0.2) is 0 Å². The fraction of sp³-hybridized carbons (Fsp3) is 0.125. The molecule has 2 aromatic carbocycles. The predicted octanol–water partition coefficient (Wildman–Crippen LogP) is 7.53. The third-order valence-electron chi connectivity index (χ3n) is 5.27. The van der Waals surface area contributed by atoms with Crippen LogP contribution in [0, 0.1) is 5.92 Å². The van der Waals surface area contributed by atoms with E-state index in [9.17, 15) is 0 Å². The van der Waals surface area contributed by atoms with E-state index in [4.69, 9.17) is 4.42 Å². The average Bonchev–Trinajstić information content (AvgIpc) is 3.14. The van der Waals surface area contributed by atoms with Crippen LogP contribution in [0.15, 0.2) is 120 Å². The fourth-order valence-corrected chi connectivity index (χ4v) is 3.53. The van der Waals surface area contributed by atoms with E-state index in [1.54, 1.807) is 0 Å². The van der Waals surface area contributed by atoms with E-state index in [2.05, 4.69) is 69.3 Å². The highest BCUT2D eigenvalue weighted by molar-refractivity contribution is 5.90. The lowest BCUT2D eigenvalue weighted by molar-refractivity contribution is 0.571. The van der Waals surface area contributed by atoms with Crippen molar-refractivity contribution in [2.45, 2.75) is 20.8 Å². The number of anilines is 1. The van der Waals surface area contributed by atoms with E-state index >= 15 is 0 Å². The van der Waals surface area contributed by atoms with Gasteiger partial charge in [0, 0.05) is 16.8 Å². The van der Waals surface area contributed by atoms with Crippen LogP contribution in [0.3, 0.4) is 0 Å².